The summed E-state index contributed by atoms with van der Waals surface area (Å²) in [5, 5.41) is 0. The second-order valence-corrected chi connectivity index (χ2v) is 2.44. The van der Waals surface area contributed by atoms with Crippen molar-refractivity contribution in [3.63, 3.8) is 0 Å². The predicted molar refractivity (Wildman–Crippen MR) is 40.3 cm³/mol. The summed E-state index contributed by atoms with van der Waals surface area (Å²) in [6, 6.07) is 0. The molecular weight excluding hydrogens is 104 g/mol. The molecule has 0 heterocycles. The first-order valence-electron chi connectivity index (χ1n) is 1.63. The van der Waals surface area contributed by atoms with E-state index in [9.17, 15) is 0 Å². The van der Waals surface area contributed by atoms with Crippen LogP contribution < -0.4 is 0 Å². The fourth-order valence-electron chi connectivity index (χ4n) is 0.118. The van der Waals surface area contributed by atoms with Crippen molar-refractivity contribution < 1.29 is 0 Å². The molecule has 0 atom stereocenters. The van der Waals surface area contributed by atoms with E-state index in [0.29, 0.717) is 0 Å². The van der Waals surface area contributed by atoms with Crippen LogP contribution >= 0.6 is 0 Å². The Labute approximate surface area is 45.8 Å². The molecule has 0 nitrogen and oxygen atoms in total. The molecule has 6 heavy (non-hydrogen) atoms. The van der Waals surface area contributed by atoms with Crippen molar-refractivity contribution in [1.29, 1.82) is 0 Å². The average Bonchev–Trinajstić information content (AvgIpc) is 1.41. The normalized spacial score (nSPS) is 5.33. The van der Waals surface area contributed by atoms with Gasteiger partial charge in [-0.25, -0.2) is 0 Å². The van der Waals surface area contributed by atoms with Crippen LogP contribution in [0.2, 0.25) is 0 Å². The maximum absolute atomic E-state index is 3.54. The smallest absolute Gasteiger partial charge is 0.0676 e. The summed E-state index contributed by atoms with van der Waals surface area (Å²) in [5.74, 6) is 0. The molecule has 0 aromatic heterocycles. The van der Waals surface area contributed by atoms with Crippen molar-refractivity contribution in [2.75, 3.05) is 0 Å². The zero-order chi connectivity index (χ0) is 4.12. The largest absolute Gasteiger partial charge is 0.107 e. The molecule has 0 fully saturated rings. The van der Waals surface area contributed by atoms with Crippen molar-refractivity contribution in [3.8, 4) is 0 Å². The quantitative estimate of drug-likeness (QED) is 0.406. The lowest BCUT2D eigenvalue weighted by Gasteiger charge is -1.62. The number of hydrogen-bond acceptors (Lipinski definition) is 0. The van der Waals surface area contributed by atoms with Crippen molar-refractivity contribution in [2.45, 2.75) is 0 Å². The van der Waals surface area contributed by atoms with E-state index in [-0.39, 0.29) is 20.5 Å². The standard InChI is InChI=1S/C4H8Si.H4Si/c1-3-5-4-2;/h3-4H,1-2,5H2;1H4. The molecule has 0 aromatic carbocycles. The molecule has 0 aliphatic rings. The molecule has 0 saturated carbocycles. The van der Waals surface area contributed by atoms with Gasteiger partial charge in [0.25, 0.3) is 0 Å². The molecule has 36 valence electrons. The minimum atomic E-state index is -0.0401. The van der Waals surface area contributed by atoms with E-state index in [1.54, 1.807) is 0 Å². The maximum Gasteiger partial charge on any atom is 0.0676 e. The minimum absolute atomic E-state index is 0. The number of rotatable bonds is 2. The Balaban J connectivity index is 0. The molecule has 0 unspecified atom stereocenters. The van der Waals surface area contributed by atoms with Crippen LogP contribution in [0.5, 0.6) is 0 Å². The Morgan fingerprint density at radius 3 is 1.50 bits per heavy atom. The third-order valence-electron chi connectivity index (χ3n) is 0.333. The van der Waals surface area contributed by atoms with E-state index in [0.717, 1.165) is 0 Å². The van der Waals surface area contributed by atoms with E-state index >= 15 is 0 Å². The fraction of sp³-hybridized carbons (Fsp3) is 0. The highest BCUT2D eigenvalue weighted by Gasteiger charge is 1.55. The lowest BCUT2D eigenvalue weighted by molar-refractivity contribution is 2.44. The first-order valence-corrected chi connectivity index (χ1v) is 3.27. The highest BCUT2D eigenvalue weighted by Crippen LogP contribution is 1.55. The van der Waals surface area contributed by atoms with Crippen molar-refractivity contribution in [3.05, 3.63) is 24.6 Å². The van der Waals surface area contributed by atoms with Crippen LogP contribution in [0.4, 0.5) is 0 Å². The minimum Gasteiger partial charge on any atom is -0.107 e. The molecular formula is C4H12Si2. The Morgan fingerprint density at radius 1 is 1.17 bits per heavy atom. The summed E-state index contributed by atoms with van der Waals surface area (Å²) in [7, 11) is -0.0401. The molecule has 0 N–H and O–H groups in total. The van der Waals surface area contributed by atoms with Crippen molar-refractivity contribution in [2.24, 2.45) is 0 Å². The van der Waals surface area contributed by atoms with Gasteiger partial charge in [0.2, 0.25) is 0 Å². The molecule has 0 saturated heterocycles. The van der Waals surface area contributed by atoms with Crippen LogP contribution in [-0.2, 0) is 0 Å². The molecule has 0 rings (SSSR count). The topological polar surface area (TPSA) is 0 Å². The Morgan fingerprint density at radius 2 is 1.50 bits per heavy atom. The van der Waals surface area contributed by atoms with Gasteiger partial charge in [-0.05, 0) is 11.0 Å². The molecule has 0 aliphatic carbocycles. The highest BCUT2D eigenvalue weighted by molar-refractivity contribution is 6.47. The summed E-state index contributed by atoms with van der Waals surface area (Å²) in [4.78, 5) is 0. The SMILES string of the molecule is C=C[SiH2]C=C.[SiH4]. The average molecular weight is 116 g/mol. The zero-order valence-corrected chi connectivity index (χ0v) is 4.69. The number of hydrogen-bond donors (Lipinski definition) is 0. The predicted octanol–water partition coefficient (Wildman–Crippen LogP) is -1.01. The first-order chi connectivity index (χ1) is 2.41. The zero-order valence-electron chi connectivity index (χ0n) is 3.28. The molecule has 0 radical (unpaired) electrons. The highest BCUT2D eigenvalue weighted by atomic mass is 28.2. The van der Waals surface area contributed by atoms with Gasteiger partial charge in [-0.15, -0.1) is 24.6 Å². The third-order valence-corrected chi connectivity index (χ3v) is 1.00. The Kier molecular flexibility index (Phi) is 13.8. The van der Waals surface area contributed by atoms with E-state index in [1.807, 2.05) is 11.4 Å². The van der Waals surface area contributed by atoms with Crippen LogP contribution in [-0.4, -0.2) is 20.5 Å². The van der Waals surface area contributed by atoms with E-state index in [4.69, 9.17) is 0 Å². The van der Waals surface area contributed by atoms with Crippen LogP contribution in [0.3, 0.4) is 0 Å². The molecule has 2 heteroatoms. The molecule has 0 spiro atoms. The van der Waals surface area contributed by atoms with Crippen LogP contribution in [0.1, 0.15) is 0 Å². The molecule has 0 aromatic rings. The molecule has 0 amide bonds. The van der Waals surface area contributed by atoms with Gasteiger partial charge in [0.05, 0.1) is 9.52 Å². The maximum atomic E-state index is 3.54. The second kappa shape index (κ2) is 8.87. The van der Waals surface area contributed by atoms with Gasteiger partial charge in [-0.1, -0.05) is 0 Å². The van der Waals surface area contributed by atoms with E-state index in [2.05, 4.69) is 13.2 Å². The van der Waals surface area contributed by atoms with Gasteiger partial charge in [0, 0.05) is 0 Å². The third kappa shape index (κ3) is 9.07. The summed E-state index contributed by atoms with van der Waals surface area (Å²) in [5.41, 5.74) is 3.90. The van der Waals surface area contributed by atoms with Crippen molar-refractivity contribution >= 4 is 20.5 Å². The Hall–Kier alpha value is -0.0862. The van der Waals surface area contributed by atoms with Crippen LogP contribution in [0.15, 0.2) is 24.6 Å². The van der Waals surface area contributed by atoms with Crippen LogP contribution in [0.25, 0.3) is 0 Å². The van der Waals surface area contributed by atoms with Gasteiger partial charge in [0.1, 0.15) is 0 Å². The summed E-state index contributed by atoms with van der Waals surface area (Å²) in [6.07, 6.45) is 0. The van der Waals surface area contributed by atoms with Gasteiger partial charge in [-0.3, -0.25) is 0 Å². The van der Waals surface area contributed by atoms with E-state index in [1.165, 1.54) is 0 Å². The monoisotopic (exact) mass is 116 g/mol. The lowest BCUT2D eigenvalue weighted by atomic mass is 11.2. The fourth-order valence-corrected chi connectivity index (χ4v) is 0.354. The van der Waals surface area contributed by atoms with Gasteiger partial charge in [-0.2, -0.15) is 0 Å². The van der Waals surface area contributed by atoms with Crippen molar-refractivity contribution in [1.82, 2.24) is 0 Å². The molecule has 0 aliphatic heterocycles. The van der Waals surface area contributed by atoms with Gasteiger partial charge >= 0.3 is 0 Å². The Bertz CT molecular complexity index is 34.8. The summed E-state index contributed by atoms with van der Waals surface area (Å²) in [6.45, 7) is 7.08. The van der Waals surface area contributed by atoms with Gasteiger partial charge < -0.3 is 0 Å². The van der Waals surface area contributed by atoms with Gasteiger partial charge in [0.15, 0.2) is 0 Å². The lowest BCUT2D eigenvalue weighted by Crippen LogP contribution is -1.67. The first kappa shape index (κ1) is 9.32. The van der Waals surface area contributed by atoms with E-state index < -0.39 is 0 Å². The molecule has 0 bridgehead atoms. The second-order valence-electron chi connectivity index (χ2n) is 0.813. The van der Waals surface area contributed by atoms with Crippen LogP contribution in [0, 0.1) is 0 Å². The summed E-state index contributed by atoms with van der Waals surface area (Å²) < 4.78 is 0. The summed E-state index contributed by atoms with van der Waals surface area (Å²) >= 11 is 0.